The van der Waals surface area contributed by atoms with Gasteiger partial charge in [0.05, 0.1) is 12.2 Å². The van der Waals surface area contributed by atoms with Crippen molar-refractivity contribution in [1.29, 1.82) is 0 Å². The molecule has 0 N–H and O–H groups in total. The average Bonchev–Trinajstić information content (AvgIpc) is 2.98. The maximum Gasteiger partial charge on any atom is 0.172 e. The summed E-state index contributed by atoms with van der Waals surface area (Å²) in [5.74, 6) is 0. The minimum atomic E-state index is 0.440. The summed E-state index contributed by atoms with van der Waals surface area (Å²) >= 11 is 0. The third-order valence-electron chi connectivity index (χ3n) is 4.33. The molecule has 0 bridgehead atoms. The third kappa shape index (κ3) is 3.59. The van der Waals surface area contributed by atoms with E-state index in [-0.39, 0.29) is 0 Å². The maximum absolute atomic E-state index is 11.3. The molecule has 4 heteroatoms. The van der Waals surface area contributed by atoms with E-state index in [1.165, 1.54) is 22.3 Å². The lowest BCUT2D eigenvalue weighted by molar-refractivity contribution is 0.111. The van der Waals surface area contributed by atoms with Crippen LogP contribution in [0, 0.1) is 13.8 Å². The Labute approximate surface area is 142 Å². The Balaban J connectivity index is 1.81. The number of aromatic nitrogens is 3. The molecule has 4 nitrogen and oxygen atoms in total. The highest BCUT2D eigenvalue weighted by atomic mass is 16.1. The van der Waals surface area contributed by atoms with E-state index >= 15 is 0 Å². The first-order valence-corrected chi connectivity index (χ1v) is 8.15. The molecule has 0 aliphatic carbocycles. The fourth-order valence-corrected chi connectivity index (χ4v) is 2.79. The van der Waals surface area contributed by atoms with E-state index in [1.807, 2.05) is 16.8 Å². The van der Waals surface area contributed by atoms with Gasteiger partial charge in [-0.15, -0.1) is 5.10 Å². The molecule has 0 aliphatic rings. The van der Waals surface area contributed by atoms with Crippen LogP contribution in [0.1, 0.15) is 38.4 Å². The first kappa shape index (κ1) is 16.1. The van der Waals surface area contributed by atoms with E-state index in [0.29, 0.717) is 12.2 Å². The Kier molecular flexibility index (Phi) is 4.85. The fourth-order valence-electron chi connectivity index (χ4n) is 2.79. The number of carbonyl (C=O) groups excluding carboxylic acids is 1. The summed E-state index contributed by atoms with van der Waals surface area (Å²) in [5.41, 5.74) is 6.24. The Morgan fingerprint density at radius 2 is 1.75 bits per heavy atom. The maximum atomic E-state index is 11.3. The van der Waals surface area contributed by atoms with Gasteiger partial charge in [-0.05, 0) is 43.4 Å². The molecule has 0 unspecified atom stereocenters. The van der Waals surface area contributed by atoms with Gasteiger partial charge < -0.3 is 0 Å². The van der Waals surface area contributed by atoms with Crippen LogP contribution in [0.2, 0.25) is 0 Å². The molecular weight excluding hydrogens is 298 g/mol. The van der Waals surface area contributed by atoms with Gasteiger partial charge in [-0.2, -0.15) is 0 Å². The molecule has 2 aromatic carbocycles. The Hall–Kier alpha value is -2.75. The van der Waals surface area contributed by atoms with Crippen LogP contribution in [0.15, 0.2) is 48.5 Å². The summed E-state index contributed by atoms with van der Waals surface area (Å²) in [6.07, 6.45) is 2.41. The standard InChI is InChI=1S/C20H21N3O/c1-15-7-9-17(10-8-15)11-12-20-19(14-24)21-22-23(20)13-18-6-4-3-5-16(18)2/h3-10,14H,11-13H2,1-2H3. The highest BCUT2D eigenvalue weighted by molar-refractivity contribution is 5.73. The molecule has 0 fully saturated rings. The topological polar surface area (TPSA) is 47.8 Å². The normalized spacial score (nSPS) is 10.8. The molecular formula is C20H21N3O. The molecule has 3 rings (SSSR count). The van der Waals surface area contributed by atoms with E-state index in [9.17, 15) is 4.79 Å². The number of aldehydes is 1. The Morgan fingerprint density at radius 3 is 2.46 bits per heavy atom. The zero-order valence-corrected chi connectivity index (χ0v) is 14.1. The van der Waals surface area contributed by atoms with Gasteiger partial charge in [0.15, 0.2) is 6.29 Å². The van der Waals surface area contributed by atoms with Crippen molar-refractivity contribution in [2.45, 2.75) is 33.2 Å². The molecule has 24 heavy (non-hydrogen) atoms. The van der Waals surface area contributed by atoms with Gasteiger partial charge in [0, 0.05) is 0 Å². The molecule has 0 atom stereocenters. The van der Waals surface area contributed by atoms with E-state index < -0.39 is 0 Å². The quantitative estimate of drug-likeness (QED) is 0.653. The lowest BCUT2D eigenvalue weighted by Gasteiger charge is -2.09. The van der Waals surface area contributed by atoms with Crippen molar-refractivity contribution in [2.24, 2.45) is 0 Å². The molecule has 0 spiro atoms. The first-order valence-electron chi connectivity index (χ1n) is 8.15. The number of nitrogens with zero attached hydrogens (tertiary/aromatic N) is 3. The van der Waals surface area contributed by atoms with Crippen molar-refractivity contribution >= 4 is 6.29 Å². The molecule has 0 aliphatic heterocycles. The van der Waals surface area contributed by atoms with Crippen LogP contribution < -0.4 is 0 Å². The van der Waals surface area contributed by atoms with Crippen LogP contribution in [0.25, 0.3) is 0 Å². The van der Waals surface area contributed by atoms with Gasteiger partial charge in [0.1, 0.15) is 5.69 Å². The average molecular weight is 319 g/mol. The van der Waals surface area contributed by atoms with Gasteiger partial charge in [-0.3, -0.25) is 4.79 Å². The second kappa shape index (κ2) is 7.21. The summed E-state index contributed by atoms with van der Waals surface area (Å²) in [5, 5.41) is 8.22. The highest BCUT2D eigenvalue weighted by Gasteiger charge is 2.13. The molecule has 3 aromatic rings. The van der Waals surface area contributed by atoms with Crippen molar-refractivity contribution < 1.29 is 4.79 Å². The van der Waals surface area contributed by atoms with Crippen LogP contribution in [-0.2, 0) is 19.4 Å². The van der Waals surface area contributed by atoms with Crippen molar-refractivity contribution in [3.63, 3.8) is 0 Å². The van der Waals surface area contributed by atoms with Crippen LogP contribution >= 0.6 is 0 Å². The van der Waals surface area contributed by atoms with E-state index in [2.05, 4.69) is 60.6 Å². The predicted octanol–water partition coefficient (Wildman–Crippen LogP) is 3.54. The minimum Gasteiger partial charge on any atom is -0.296 e. The highest BCUT2D eigenvalue weighted by Crippen LogP contribution is 2.14. The SMILES string of the molecule is Cc1ccc(CCc2c(C=O)nnn2Cc2ccccc2C)cc1. The summed E-state index contributed by atoms with van der Waals surface area (Å²) in [6, 6.07) is 16.7. The summed E-state index contributed by atoms with van der Waals surface area (Å²) in [6.45, 7) is 4.80. The fraction of sp³-hybridized carbons (Fsp3) is 0.250. The predicted molar refractivity (Wildman–Crippen MR) is 94.3 cm³/mol. The second-order valence-electron chi connectivity index (χ2n) is 6.11. The molecule has 0 saturated carbocycles. The van der Waals surface area contributed by atoms with Crippen molar-refractivity contribution in [1.82, 2.24) is 15.0 Å². The Morgan fingerprint density at radius 1 is 1.00 bits per heavy atom. The van der Waals surface area contributed by atoms with Crippen molar-refractivity contribution in [3.8, 4) is 0 Å². The number of hydrogen-bond donors (Lipinski definition) is 0. The van der Waals surface area contributed by atoms with Crippen LogP contribution in [-0.4, -0.2) is 21.3 Å². The van der Waals surface area contributed by atoms with Crippen LogP contribution in [0.3, 0.4) is 0 Å². The van der Waals surface area contributed by atoms with Gasteiger partial charge in [-0.1, -0.05) is 59.3 Å². The van der Waals surface area contributed by atoms with Crippen molar-refractivity contribution in [3.05, 3.63) is 82.2 Å². The van der Waals surface area contributed by atoms with Crippen LogP contribution in [0.4, 0.5) is 0 Å². The zero-order chi connectivity index (χ0) is 16.9. The smallest absolute Gasteiger partial charge is 0.172 e. The van der Waals surface area contributed by atoms with Crippen LogP contribution in [0.5, 0.6) is 0 Å². The summed E-state index contributed by atoms with van der Waals surface area (Å²) in [7, 11) is 0. The molecule has 1 heterocycles. The summed E-state index contributed by atoms with van der Waals surface area (Å²) in [4.78, 5) is 11.3. The number of hydrogen-bond acceptors (Lipinski definition) is 3. The van der Waals surface area contributed by atoms with Gasteiger partial charge in [0.2, 0.25) is 0 Å². The number of benzene rings is 2. The van der Waals surface area contributed by atoms with E-state index in [4.69, 9.17) is 0 Å². The zero-order valence-electron chi connectivity index (χ0n) is 14.1. The van der Waals surface area contributed by atoms with E-state index in [1.54, 1.807) is 0 Å². The first-order chi connectivity index (χ1) is 11.7. The second-order valence-corrected chi connectivity index (χ2v) is 6.11. The molecule has 122 valence electrons. The lowest BCUT2D eigenvalue weighted by atomic mass is 10.1. The molecule has 1 aromatic heterocycles. The van der Waals surface area contributed by atoms with Crippen molar-refractivity contribution in [2.75, 3.05) is 0 Å². The van der Waals surface area contributed by atoms with Gasteiger partial charge in [-0.25, -0.2) is 4.68 Å². The molecule has 0 saturated heterocycles. The lowest BCUT2D eigenvalue weighted by Crippen LogP contribution is -2.09. The molecule has 0 radical (unpaired) electrons. The van der Waals surface area contributed by atoms with Gasteiger partial charge >= 0.3 is 0 Å². The number of aryl methyl sites for hydroxylation is 3. The number of rotatable bonds is 6. The van der Waals surface area contributed by atoms with Gasteiger partial charge in [0.25, 0.3) is 0 Å². The third-order valence-corrected chi connectivity index (χ3v) is 4.33. The van der Waals surface area contributed by atoms with E-state index in [0.717, 1.165) is 24.8 Å². The minimum absolute atomic E-state index is 0.440. The molecule has 0 amide bonds. The largest absolute Gasteiger partial charge is 0.296 e. The summed E-state index contributed by atoms with van der Waals surface area (Å²) < 4.78 is 1.85. The monoisotopic (exact) mass is 319 g/mol. The Bertz CT molecular complexity index is 834. The number of carbonyl (C=O) groups is 1.